The molecule has 0 bridgehead atoms. The van der Waals surface area contributed by atoms with Crippen LogP contribution < -0.4 is 4.74 Å². The molecule has 1 aliphatic heterocycles. The molecule has 5 nitrogen and oxygen atoms in total. The van der Waals surface area contributed by atoms with Crippen molar-refractivity contribution >= 4 is 33.8 Å². The lowest BCUT2D eigenvalue weighted by atomic mass is 10.1. The highest BCUT2D eigenvalue weighted by Gasteiger charge is 2.38. The first kappa shape index (κ1) is 12.9. The molecule has 0 spiro atoms. The Balaban J connectivity index is 2.01. The van der Waals surface area contributed by atoms with Gasteiger partial charge in [-0.3, -0.25) is 19.5 Å². The Bertz CT molecular complexity index is 717. The molecule has 2 amide bonds. The molecule has 0 saturated carbocycles. The lowest BCUT2D eigenvalue weighted by molar-refractivity contribution is -0.125. The minimum Gasteiger partial charge on any atom is -0.497 e. The van der Waals surface area contributed by atoms with Gasteiger partial charge < -0.3 is 4.74 Å². The van der Waals surface area contributed by atoms with E-state index in [4.69, 9.17) is 4.74 Å². The number of hydrogen-bond acceptors (Lipinski definition) is 5. The van der Waals surface area contributed by atoms with Crippen LogP contribution >= 0.6 is 11.8 Å². The van der Waals surface area contributed by atoms with Gasteiger partial charge in [0, 0.05) is 24.7 Å². The molecule has 1 aromatic heterocycles. The van der Waals surface area contributed by atoms with Gasteiger partial charge in [0.2, 0.25) is 5.91 Å². The minimum absolute atomic E-state index is 0.199. The molecule has 1 aromatic carbocycles. The van der Waals surface area contributed by atoms with Crippen LogP contribution in [0.25, 0.3) is 10.9 Å². The van der Waals surface area contributed by atoms with Crippen molar-refractivity contribution in [2.24, 2.45) is 0 Å². The molecule has 0 aliphatic carbocycles. The maximum atomic E-state index is 12.0. The van der Waals surface area contributed by atoms with Gasteiger partial charge in [0.05, 0.1) is 12.6 Å². The predicted molar refractivity (Wildman–Crippen MR) is 76.8 cm³/mol. The SMILES string of the molecule is COc1ccc2cc(C3SC(=O)N(C)C3=O)cnc2c1. The van der Waals surface area contributed by atoms with Crippen LogP contribution in [-0.4, -0.2) is 35.2 Å². The summed E-state index contributed by atoms with van der Waals surface area (Å²) in [6, 6.07) is 7.46. The molecule has 1 aliphatic rings. The lowest BCUT2D eigenvalue weighted by Gasteiger charge is -2.09. The van der Waals surface area contributed by atoms with Gasteiger partial charge in [-0.2, -0.15) is 0 Å². The predicted octanol–water partition coefficient (Wildman–Crippen LogP) is 2.61. The number of carbonyl (C=O) groups excluding carboxylic acids is 2. The number of ether oxygens (including phenoxy) is 1. The second-order valence-electron chi connectivity index (χ2n) is 4.49. The highest BCUT2D eigenvalue weighted by Crippen LogP contribution is 2.39. The molecular formula is C14H12N2O3S. The Hall–Kier alpha value is -2.08. The molecule has 1 fully saturated rings. The number of aromatic nitrogens is 1. The normalized spacial score (nSPS) is 18.9. The summed E-state index contributed by atoms with van der Waals surface area (Å²) in [6.07, 6.45) is 1.64. The highest BCUT2D eigenvalue weighted by atomic mass is 32.2. The van der Waals surface area contributed by atoms with E-state index in [9.17, 15) is 9.59 Å². The molecule has 3 rings (SSSR count). The van der Waals surface area contributed by atoms with Gasteiger partial charge in [-0.15, -0.1) is 0 Å². The van der Waals surface area contributed by atoms with E-state index in [0.29, 0.717) is 0 Å². The second-order valence-corrected chi connectivity index (χ2v) is 5.54. The number of likely N-dealkylation sites (N-methyl/N-ethyl adjacent to an activating group) is 1. The molecule has 20 heavy (non-hydrogen) atoms. The molecule has 0 radical (unpaired) electrons. The average molecular weight is 288 g/mol. The zero-order valence-electron chi connectivity index (χ0n) is 11.0. The highest BCUT2D eigenvalue weighted by molar-refractivity contribution is 8.14. The van der Waals surface area contributed by atoms with Crippen molar-refractivity contribution in [2.45, 2.75) is 5.25 Å². The second kappa shape index (κ2) is 4.79. The molecule has 0 N–H and O–H groups in total. The number of hydrogen-bond donors (Lipinski definition) is 0. The van der Waals surface area contributed by atoms with Gasteiger partial charge in [0.1, 0.15) is 11.0 Å². The van der Waals surface area contributed by atoms with E-state index >= 15 is 0 Å². The first-order chi connectivity index (χ1) is 9.60. The number of thioether (sulfide) groups is 1. The van der Waals surface area contributed by atoms with Crippen LogP contribution in [0, 0.1) is 0 Å². The van der Waals surface area contributed by atoms with Crippen molar-refractivity contribution in [3.63, 3.8) is 0 Å². The van der Waals surface area contributed by atoms with E-state index in [2.05, 4.69) is 4.98 Å². The van der Waals surface area contributed by atoms with Crippen LogP contribution in [0.2, 0.25) is 0 Å². The molecule has 102 valence electrons. The van der Waals surface area contributed by atoms with Crippen LogP contribution in [0.15, 0.2) is 30.5 Å². The summed E-state index contributed by atoms with van der Waals surface area (Å²) >= 11 is 1.02. The number of pyridine rings is 1. The van der Waals surface area contributed by atoms with E-state index < -0.39 is 5.25 Å². The van der Waals surface area contributed by atoms with E-state index in [-0.39, 0.29) is 11.1 Å². The van der Waals surface area contributed by atoms with E-state index in [1.807, 2.05) is 24.3 Å². The van der Waals surface area contributed by atoms with Crippen molar-refractivity contribution in [1.29, 1.82) is 0 Å². The van der Waals surface area contributed by atoms with Crippen LogP contribution in [0.1, 0.15) is 10.8 Å². The smallest absolute Gasteiger partial charge is 0.289 e. The van der Waals surface area contributed by atoms with Crippen LogP contribution in [0.4, 0.5) is 4.79 Å². The van der Waals surface area contributed by atoms with Gasteiger partial charge in [0.25, 0.3) is 5.24 Å². The van der Waals surface area contributed by atoms with Gasteiger partial charge in [-0.1, -0.05) is 0 Å². The van der Waals surface area contributed by atoms with Crippen LogP contribution in [-0.2, 0) is 4.79 Å². The Labute approximate surface area is 119 Å². The van der Waals surface area contributed by atoms with Crippen molar-refractivity contribution in [1.82, 2.24) is 9.88 Å². The number of methoxy groups -OCH3 is 1. The fourth-order valence-electron chi connectivity index (χ4n) is 2.10. The van der Waals surface area contributed by atoms with Gasteiger partial charge in [0.15, 0.2) is 0 Å². The summed E-state index contributed by atoms with van der Waals surface area (Å²) < 4.78 is 5.15. The number of amides is 2. The molecule has 2 aromatic rings. The summed E-state index contributed by atoms with van der Waals surface area (Å²) in [5, 5.41) is 0.194. The fourth-order valence-corrected chi connectivity index (χ4v) is 3.07. The fraction of sp³-hybridized carbons (Fsp3) is 0.214. The standard InChI is InChI=1S/C14H12N2O3S/c1-16-13(17)12(20-14(16)18)9-5-8-3-4-10(19-2)6-11(8)15-7-9/h3-7,12H,1-2H3. The molecule has 1 atom stereocenters. The van der Waals surface area contributed by atoms with E-state index in [1.165, 1.54) is 7.05 Å². The zero-order valence-corrected chi connectivity index (χ0v) is 11.8. The van der Waals surface area contributed by atoms with Crippen molar-refractivity contribution in [3.05, 3.63) is 36.0 Å². The average Bonchev–Trinajstić information content (AvgIpc) is 2.74. The van der Waals surface area contributed by atoms with Crippen molar-refractivity contribution in [3.8, 4) is 5.75 Å². The molecule has 1 saturated heterocycles. The summed E-state index contributed by atoms with van der Waals surface area (Å²) in [5.74, 6) is 0.536. The molecule has 2 heterocycles. The minimum atomic E-state index is -0.494. The summed E-state index contributed by atoms with van der Waals surface area (Å²) in [4.78, 5) is 29.0. The molecular weight excluding hydrogens is 276 g/mol. The summed E-state index contributed by atoms with van der Waals surface area (Å²) in [7, 11) is 3.10. The largest absolute Gasteiger partial charge is 0.497 e. The summed E-state index contributed by atoms with van der Waals surface area (Å²) in [6.45, 7) is 0. The Kier molecular flexibility index (Phi) is 3.10. The third-order valence-electron chi connectivity index (χ3n) is 3.26. The van der Waals surface area contributed by atoms with Crippen molar-refractivity contribution in [2.75, 3.05) is 14.2 Å². The number of fused-ring (bicyclic) bond motifs is 1. The third kappa shape index (κ3) is 2.02. The maximum absolute atomic E-state index is 12.0. The van der Waals surface area contributed by atoms with Gasteiger partial charge in [-0.25, -0.2) is 0 Å². The number of rotatable bonds is 2. The first-order valence-electron chi connectivity index (χ1n) is 6.02. The Morgan fingerprint density at radius 3 is 2.75 bits per heavy atom. The van der Waals surface area contributed by atoms with Crippen LogP contribution in [0.5, 0.6) is 5.75 Å². The van der Waals surface area contributed by atoms with Gasteiger partial charge >= 0.3 is 0 Å². The Morgan fingerprint density at radius 2 is 2.10 bits per heavy atom. The lowest BCUT2D eigenvalue weighted by Crippen LogP contribution is -2.24. The van der Waals surface area contributed by atoms with Gasteiger partial charge in [-0.05, 0) is 35.5 Å². The zero-order chi connectivity index (χ0) is 14.3. The van der Waals surface area contributed by atoms with E-state index in [1.54, 1.807) is 13.3 Å². The van der Waals surface area contributed by atoms with E-state index in [0.717, 1.165) is 38.9 Å². The number of imide groups is 1. The molecule has 1 unspecified atom stereocenters. The monoisotopic (exact) mass is 288 g/mol. The van der Waals surface area contributed by atoms with Crippen LogP contribution in [0.3, 0.4) is 0 Å². The summed E-state index contributed by atoms with van der Waals surface area (Å²) in [5.41, 5.74) is 1.54. The first-order valence-corrected chi connectivity index (χ1v) is 6.90. The quantitative estimate of drug-likeness (QED) is 0.850. The number of carbonyl (C=O) groups is 2. The molecule has 6 heteroatoms. The van der Waals surface area contributed by atoms with Crippen molar-refractivity contribution < 1.29 is 14.3 Å². The number of benzene rings is 1. The Morgan fingerprint density at radius 1 is 1.30 bits per heavy atom. The third-order valence-corrected chi connectivity index (χ3v) is 4.45. The maximum Gasteiger partial charge on any atom is 0.289 e. The topological polar surface area (TPSA) is 59.5 Å². The number of nitrogens with zero attached hydrogens (tertiary/aromatic N) is 2.